The van der Waals surface area contributed by atoms with E-state index < -0.39 is 41.4 Å². The van der Waals surface area contributed by atoms with Crippen LogP contribution < -0.4 is 9.64 Å². The minimum absolute atomic E-state index is 0.00500. The summed E-state index contributed by atoms with van der Waals surface area (Å²) in [7, 11) is 1.35. The first-order valence-corrected chi connectivity index (χ1v) is 12.2. The average molecular weight is 549 g/mol. The number of esters is 1. The summed E-state index contributed by atoms with van der Waals surface area (Å²) in [4.78, 5) is 36.2. The molecule has 210 valence electrons. The van der Waals surface area contributed by atoms with E-state index in [4.69, 9.17) is 14.2 Å². The van der Waals surface area contributed by atoms with Gasteiger partial charge >= 0.3 is 12.1 Å². The van der Waals surface area contributed by atoms with Gasteiger partial charge in [-0.1, -0.05) is 0 Å². The largest absolute Gasteiger partial charge is 0.481 e. The van der Waals surface area contributed by atoms with Crippen LogP contribution in [-0.4, -0.2) is 86.2 Å². The molecule has 39 heavy (non-hydrogen) atoms. The van der Waals surface area contributed by atoms with Crippen LogP contribution in [0, 0.1) is 11.6 Å². The topological polar surface area (TPSA) is 132 Å². The lowest BCUT2D eigenvalue weighted by molar-refractivity contribution is 0.0269. The molecule has 1 fully saturated rings. The molecule has 4 heterocycles. The molecule has 0 radical (unpaired) electrons. The number of aliphatic hydroxyl groups is 1. The van der Waals surface area contributed by atoms with Crippen molar-refractivity contribution >= 4 is 23.5 Å². The number of aromatic nitrogens is 4. The quantitative estimate of drug-likeness (QED) is 0.440. The molecule has 4 rings (SSSR count). The number of nitrogens with zero attached hydrogens (tertiary/aromatic N) is 6. The van der Waals surface area contributed by atoms with Gasteiger partial charge in [-0.2, -0.15) is 5.10 Å². The van der Waals surface area contributed by atoms with Crippen molar-refractivity contribution in [1.29, 1.82) is 0 Å². The third-order valence-corrected chi connectivity index (χ3v) is 5.93. The number of halogens is 2. The fourth-order valence-electron chi connectivity index (χ4n) is 4.28. The number of likely N-dealkylation sites (tertiary alicyclic amines) is 1. The van der Waals surface area contributed by atoms with Gasteiger partial charge in [0.1, 0.15) is 17.0 Å². The van der Waals surface area contributed by atoms with Crippen molar-refractivity contribution in [3.63, 3.8) is 0 Å². The number of fused-ring (bicyclic) bond motifs is 1. The normalized spacial score (nSPS) is 17.4. The number of pyridine rings is 1. The summed E-state index contributed by atoms with van der Waals surface area (Å²) in [5, 5.41) is 15.0. The Bertz CT molecular complexity index is 1380. The standard InChI is InChI=1S/C25H30F2N6O6/c1-6-38-23(35)16-9-29-33-11-17(27)21(30-20(16)33)32(10-14-7-15(26)8-28-22(14)37-5)18-12-31(13-19(18)34)24(36)39-25(2,3)4/h7-9,11,18-19,34H,6,10,12-13H2,1-5H3/t18-,19+/m1/s1. The van der Waals surface area contributed by atoms with Gasteiger partial charge in [-0.05, 0) is 33.8 Å². The van der Waals surface area contributed by atoms with Crippen LogP contribution in [0.3, 0.4) is 0 Å². The Hall–Kier alpha value is -4.07. The molecule has 0 spiro atoms. The maximum Gasteiger partial charge on any atom is 0.410 e. The lowest BCUT2D eigenvalue weighted by Crippen LogP contribution is -2.44. The Balaban J connectivity index is 1.79. The average Bonchev–Trinajstić information content (AvgIpc) is 3.44. The minimum atomic E-state index is -1.16. The van der Waals surface area contributed by atoms with E-state index in [-0.39, 0.29) is 54.7 Å². The van der Waals surface area contributed by atoms with Crippen LogP contribution in [0.1, 0.15) is 43.6 Å². The molecule has 1 saturated heterocycles. The Labute approximate surface area is 223 Å². The molecule has 1 amide bonds. The van der Waals surface area contributed by atoms with Gasteiger partial charge in [0.15, 0.2) is 17.3 Å². The van der Waals surface area contributed by atoms with Gasteiger partial charge in [0.2, 0.25) is 5.88 Å². The van der Waals surface area contributed by atoms with E-state index in [2.05, 4.69) is 15.1 Å². The van der Waals surface area contributed by atoms with Crippen molar-refractivity contribution in [2.75, 3.05) is 31.7 Å². The van der Waals surface area contributed by atoms with Gasteiger partial charge in [0.25, 0.3) is 0 Å². The number of ether oxygens (including phenoxy) is 3. The Morgan fingerprint density at radius 3 is 2.64 bits per heavy atom. The molecule has 14 heteroatoms. The molecule has 3 aromatic heterocycles. The van der Waals surface area contributed by atoms with Crippen molar-refractivity contribution in [3.8, 4) is 5.88 Å². The summed E-state index contributed by atoms with van der Waals surface area (Å²) in [5.74, 6) is -2.38. The molecule has 0 aliphatic carbocycles. The number of hydrogen-bond donors (Lipinski definition) is 1. The van der Waals surface area contributed by atoms with Crippen molar-refractivity contribution < 1.29 is 37.7 Å². The summed E-state index contributed by atoms with van der Waals surface area (Å²) < 4.78 is 46.6. The molecule has 0 bridgehead atoms. The van der Waals surface area contributed by atoms with Crippen molar-refractivity contribution in [3.05, 3.63) is 47.4 Å². The summed E-state index contributed by atoms with van der Waals surface area (Å²) >= 11 is 0. The summed E-state index contributed by atoms with van der Waals surface area (Å²) in [6.07, 6.45) is 1.41. The smallest absolute Gasteiger partial charge is 0.410 e. The second-order valence-corrected chi connectivity index (χ2v) is 9.93. The lowest BCUT2D eigenvalue weighted by Gasteiger charge is -2.32. The summed E-state index contributed by atoms with van der Waals surface area (Å²) in [6.45, 7) is 6.53. The van der Waals surface area contributed by atoms with Gasteiger partial charge in [-0.25, -0.2) is 32.9 Å². The highest BCUT2D eigenvalue weighted by atomic mass is 19.1. The van der Waals surface area contributed by atoms with Gasteiger partial charge in [0, 0.05) is 12.1 Å². The van der Waals surface area contributed by atoms with Crippen LogP contribution in [0.4, 0.5) is 19.4 Å². The zero-order valence-corrected chi connectivity index (χ0v) is 22.2. The van der Waals surface area contributed by atoms with Crippen LogP contribution >= 0.6 is 0 Å². The third kappa shape index (κ3) is 6.00. The number of methoxy groups -OCH3 is 1. The Morgan fingerprint density at radius 2 is 1.97 bits per heavy atom. The van der Waals surface area contributed by atoms with Gasteiger partial charge in [-0.15, -0.1) is 0 Å². The second kappa shape index (κ2) is 11.0. The first-order valence-electron chi connectivity index (χ1n) is 12.2. The molecular weight excluding hydrogens is 518 g/mol. The van der Waals surface area contributed by atoms with Gasteiger partial charge in [-0.3, -0.25) is 0 Å². The third-order valence-electron chi connectivity index (χ3n) is 5.93. The molecule has 0 aromatic carbocycles. The molecule has 2 atom stereocenters. The van der Waals surface area contributed by atoms with Crippen molar-refractivity contribution in [2.45, 2.75) is 52.0 Å². The lowest BCUT2D eigenvalue weighted by atomic mass is 10.1. The fraction of sp³-hybridized carbons (Fsp3) is 0.480. The highest BCUT2D eigenvalue weighted by molar-refractivity contribution is 5.95. The maximum absolute atomic E-state index is 15.6. The number of rotatable bonds is 7. The van der Waals surface area contributed by atoms with Gasteiger partial charge in [0.05, 0.1) is 57.5 Å². The molecule has 3 aromatic rings. The number of anilines is 1. The Morgan fingerprint density at radius 1 is 1.23 bits per heavy atom. The molecule has 12 nitrogen and oxygen atoms in total. The van der Waals surface area contributed by atoms with Crippen molar-refractivity contribution in [1.82, 2.24) is 24.5 Å². The zero-order valence-electron chi connectivity index (χ0n) is 22.2. The van der Waals surface area contributed by atoms with E-state index in [1.54, 1.807) is 27.7 Å². The van der Waals surface area contributed by atoms with E-state index in [1.165, 1.54) is 29.2 Å². The van der Waals surface area contributed by atoms with E-state index in [1.807, 2.05) is 0 Å². The van der Waals surface area contributed by atoms with E-state index in [0.717, 1.165) is 16.9 Å². The molecule has 1 aliphatic heterocycles. The minimum Gasteiger partial charge on any atom is -0.481 e. The molecule has 0 saturated carbocycles. The van der Waals surface area contributed by atoms with Crippen LogP contribution in [0.25, 0.3) is 5.65 Å². The Kier molecular flexibility index (Phi) is 7.86. The zero-order chi connectivity index (χ0) is 28.5. The van der Waals surface area contributed by atoms with Crippen LogP contribution in [0.15, 0.2) is 24.7 Å². The number of amides is 1. The SMILES string of the molecule is CCOC(=O)c1cnn2cc(F)c(N(Cc3cc(F)cnc3OC)[C@@H]3CN(C(=O)OC(C)(C)C)C[C@@H]3O)nc12. The van der Waals surface area contributed by atoms with E-state index in [9.17, 15) is 19.1 Å². The monoisotopic (exact) mass is 548 g/mol. The predicted octanol–water partition coefficient (Wildman–Crippen LogP) is 2.57. The number of β-amino-alcohol motifs (C(OH)–C–C–N with tert-alkyl or cyclic N) is 1. The molecule has 1 N–H and O–H groups in total. The van der Waals surface area contributed by atoms with Gasteiger partial charge < -0.3 is 29.1 Å². The molecular formula is C25H30F2N6O6. The van der Waals surface area contributed by atoms with Crippen LogP contribution in [0.2, 0.25) is 0 Å². The number of carbonyl (C=O) groups excluding carboxylic acids is 2. The molecule has 0 unspecified atom stereocenters. The van der Waals surface area contributed by atoms with Crippen LogP contribution in [0.5, 0.6) is 5.88 Å². The fourth-order valence-corrected chi connectivity index (χ4v) is 4.28. The highest BCUT2D eigenvalue weighted by Crippen LogP contribution is 2.30. The van der Waals surface area contributed by atoms with E-state index in [0.29, 0.717) is 0 Å². The second-order valence-electron chi connectivity index (χ2n) is 9.93. The predicted molar refractivity (Wildman–Crippen MR) is 133 cm³/mol. The van der Waals surface area contributed by atoms with E-state index >= 15 is 4.39 Å². The summed E-state index contributed by atoms with van der Waals surface area (Å²) in [6, 6.07) is 0.273. The number of carbonyl (C=O) groups is 2. The number of hydrogen-bond acceptors (Lipinski definition) is 10. The first kappa shape index (κ1) is 28.0. The summed E-state index contributed by atoms with van der Waals surface area (Å²) in [5.41, 5.74) is -0.522. The number of aliphatic hydroxyl groups excluding tert-OH is 1. The van der Waals surface area contributed by atoms with Crippen LogP contribution in [-0.2, 0) is 16.0 Å². The molecule has 1 aliphatic rings. The van der Waals surface area contributed by atoms with Crippen molar-refractivity contribution in [2.24, 2.45) is 0 Å². The highest BCUT2D eigenvalue weighted by Gasteiger charge is 2.41. The maximum atomic E-state index is 15.6. The first-order chi connectivity index (χ1) is 18.4.